The largest absolute Gasteiger partial charge is 0.477 e. The molecule has 0 radical (unpaired) electrons. The van der Waals surface area contributed by atoms with Crippen LogP contribution < -0.4 is 15.0 Å². The number of carbonyl (C=O) groups excluding carboxylic acids is 1. The van der Waals surface area contributed by atoms with E-state index >= 15 is 0 Å². The fraction of sp³-hybridized carbons (Fsp3) is 0.350. The van der Waals surface area contributed by atoms with Gasteiger partial charge in [-0.1, -0.05) is 50.2 Å². The number of rotatable bonds is 4. The maximum Gasteiger partial charge on any atom is 0.262 e. The van der Waals surface area contributed by atoms with E-state index in [1.807, 2.05) is 24.3 Å². The number of carbonyl (C=O) groups is 1. The quantitative estimate of drug-likeness (QED) is 0.938. The summed E-state index contributed by atoms with van der Waals surface area (Å²) in [5, 5.41) is 2.68. The van der Waals surface area contributed by atoms with Crippen LogP contribution in [-0.4, -0.2) is 25.6 Å². The van der Waals surface area contributed by atoms with Gasteiger partial charge >= 0.3 is 0 Å². The molecule has 0 saturated heterocycles. The molecule has 0 bridgehead atoms. The van der Waals surface area contributed by atoms with Crippen LogP contribution in [0.15, 0.2) is 48.5 Å². The van der Waals surface area contributed by atoms with Crippen LogP contribution in [0.25, 0.3) is 0 Å². The highest BCUT2D eigenvalue weighted by Gasteiger charge is 2.29. The van der Waals surface area contributed by atoms with E-state index in [9.17, 15) is 4.79 Å². The van der Waals surface area contributed by atoms with Gasteiger partial charge in [-0.15, -0.1) is 0 Å². The number of para-hydroxylation sites is 2. The van der Waals surface area contributed by atoms with Crippen LogP contribution in [0.4, 0.5) is 5.69 Å². The van der Waals surface area contributed by atoms with E-state index in [-0.39, 0.29) is 5.91 Å². The molecule has 3 rings (SSSR count). The molecule has 1 atom stereocenters. The van der Waals surface area contributed by atoms with Crippen LogP contribution in [-0.2, 0) is 11.3 Å². The number of anilines is 1. The van der Waals surface area contributed by atoms with Gasteiger partial charge in [-0.05, 0) is 29.2 Å². The summed E-state index contributed by atoms with van der Waals surface area (Å²) < 4.78 is 5.85. The van der Waals surface area contributed by atoms with Gasteiger partial charge < -0.3 is 15.0 Å². The van der Waals surface area contributed by atoms with Crippen LogP contribution in [0.3, 0.4) is 0 Å². The van der Waals surface area contributed by atoms with Crippen LogP contribution in [0, 0.1) is 0 Å². The monoisotopic (exact) mass is 324 g/mol. The molecule has 0 saturated carbocycles. The van der Waals surface area contributed by atoms with Crippen molar-refractivity contribution in [2.45, 2.75) is 32.4 Å². The molecule has 2 aromatic carbocycles. The fourth-order valence-electron chi connectivity index (χ4n) is 2.98. The van der Waals surface area contributed by atoms with E-state index in [2.05, 4.69) is 48.3 Å². The summed E-state index contributed by atoms with van der Waals surface area (Å²) in [6.07, 6.45) is -0.486. The minimum absolute atomic E-state index is 0.0929. The predicted molar refractivity (Wildman–Crippen MR) is 96.5 cm³/mol. The zero-order chi connectivity index (χ0) is 17.1. The first-order valence-electron chi connectivity index (χ1n) is 8.39. The Balaban J connectivity index is 1.84. The van der Waals surface area contributed by atoms with Crippen LogP contribution in [0.5, 0.6) is 5.75 Å². The Morgan fingerprint density at radius 1 is 1.21 bits per heavy atom. The van der Waals surface area contributed by atoms with Gasteiger partial charge in [-0.25, -0.2) is 0 Å². The summed E-state index contributed by atoms with van der Waals surface area (Å²) in [6.45, 7) is 5.69. The van der Waals surface area contributed by atoms with Gasteiger partial charge in [0.15, 0.2) is 6.10 Å². The van der Waals surface area contributed by atoms with Crippen LogP contribution in [0.1, 0.15) is 30.9 Å². The van der Waals surface area contributed by atoms with E-state index in [4.69, 9.17) is 4.74 Å². The van der Waals surface area contributed by atoms with Crippen LogP contribution in [0.2, 0.25) is 0 Å². The third kappa shape index (κ3) is 3.37. The molecule has 4 heteroatoms. The number of amides is 1. The number of likely N-dealkylation sites (N-methyl/N-ethyl adjacent to an activating group) is 1. The van der Waals surface area contributed by atoms with Crippen molar-refractivity contribution < 1.29 is 9.53 Å². The number of ether oxygens (including phenoxy) is 1. The number of hydrogen-bond acceptors (Lipinski definition) is 3. The molecule has 0 aliphatic carbocycles. The maximum atomic E-state index is 12.0. The normalized spacial score (nSPS) is 16.5. The lowest BCUT2D eigenvalue weighted by molar-refractivity contribution is -0.127. The van der Waals surface area contributed by atoms with E-state index < -0.39 is 6.10 Å². The van der Waals surface area contributed by atoms with E-state index in [0.717, 1.165) is 18.0 Å². The summed E-state index contributed by atoms with van der Waals surface area (Å²) in [5.74, 6) is 1.20. The van der Waals surface area contributed by atoms with Gasteiger partial charge in [-0.2, -0.15) is 0 Å². The molecule has 2 aromatic rings. The molecule has 1 aliphatic heterocycles. The van der Waals surface area contributed by atoms with E-state index in [1.54, 1.807) is 7.05 Å². The van der Waals surface area contributed by atoms with Crippen molar-refractivity contribution in [1.29, 1.82) is 0 Å². The average molecular weight is 324 g/mol. The number of hydrogen-bond donors (Lipinski definition) is 1. The average Bonchev–Trinajstić information content (AvgIpc) is 2.61. The highest BCUT2D eigenvalue weighted by Crippen LogP contribution is 2.34. The first kappa shape index (κ1) is 16.4. The number of benzene rings is 2. The third-order valence-corrected chi connectivity index (χ3v) is 4.42. The Bertz CT molecular complexity index is 710. The standard InChI is InChI=1S/C20H24N2O2/c1-14(2)16-10-8-15(9-11-16)12-22-13-19(20(23)21-3)24-18-7-5-4-6-17(18)22/h4-11,14,19H,12-13H2,1-3H3,(H,21,23)/t19-/m0/s1. The summed E-state index contributed by atoms with van der Waals surface area (Å²) in [5.41, 5.74) is 3.60. The molecule has 1 amide bonds. The molecule has 4 nitrogen and oxygen atoms in total. The number of nitrogens with one attached hydrogen (secondary N) is 1. The summed E-state index contributed by atoms with van der Waals surface area (Å²) in [6, 6.07) is 16.6. The van der Waals surface area contributed by atoms with E-state index in [0.29, 0.717) is 12.5 Å². The first-order chi connectivity index (χ1) is 11.6. The Hall–Kier alpha value is -2.49. The number of nitrogens with zero attached hydrogens (tertiary/aromatic N) is 1. The SMILES string of the molecule is CNC(=O)[C@@H]1CN(Cc2ccc(C(C)C)cc2)c2ccccc2O1. The minimum atomic E-state index is -0.486. The lowest BCUT2D eigenvalue weighted by atomic mass is 10.0. The first-order valence-corrected chi connectivity index (χ1v) is 8.39. The lowest BCUT2D eigenvalue weighted by Gasteiger charge is -2.35. The Morgan fingerprint density at radius 3 is 2.58 bits per heavy atom. The highest BCUT2D eigenvalue weighted by molar-refractivity contribution is 5.83. The second-order valence-electron chi connectivity index (χ2n) is 6.47. The summed E-state index contributed by atoms with van der Waals surface area (Å²) in [7, 11) is 1.64. The smallest absolute Gasteiger partial charge is 0.262 e. The molecule has 0 unspecified atom stereocenters. The lowest BCUT2D eigenvalue weighted by Crippen LogP contribution is -2.47. The van der Waals surface area contributed by atoms with Crippen molar-refractivity contribution in [2.24, 2.45) is 0 Å². The van der Waals surface area contributed by atoms with Crippen LogP contribution >= 0.6 is 0 Å². The maximum absolute atomic E-state index is 12.0. The molecule has 1 heterocycles. The van der Waals surface area contributed by atoms with Crippen molar-refractivity contribution in [1.82, 2.24) is 5.32 Å². The summed E-state index contributed by atoms with van der Waals surface area (Å²) in [4.78, 5) is 14.2. The predicted octanol–water partition coefficient (Wildman–Crippen LogP) is 3.32. The van der Waals surface area contributed by atoms with Gasteiger partial charge in [-0.3, -0.25) is 4.79 Å². The molecular formula is C20H24N2O2. The zero-order valence-corrected chi connectivity index (χ0v) is 14.5. The molecule has 1 aliphatic rings. The second kappa shape index (κ2) is 6.95. The molecule has 0 spiro atoms. The Kier molecular flexibility index (Phi) is 4.74. The Morgan fingerprint density at radius 2 is 1.92 bits per heavy atom. The second-order valence-corrected chi connectivity index (χ2v) is 6.47. The van der Waals surface area contributed by atoms with Gasteiger partial charge in [0.05, 0.1) is 12.2 Å². The zero-order valence-electron chi connectivity index (χ0n) is 14.5. The van der Waals surface area contributed by atoms with Crippen molar-refractivity contribution in [3.63, 3.8) is 0 Å². The van der Waals surface area contributed by atoms with Gasteiger partial charge in [0.2, 0.25) is 0 Å². The molecular weight excluding hydrogens is 300 g/mol. The van der Waals surface area contributed by atoms with Crippen molar-refractivity contribution in [3.05, 3.63) is 59.7 Å². The van der Waals surface area contributed by atoms with Gasteiger partial charge in [0, 0.05) is 13.6 Å². The molecule has 24 heavy (non-hydrogen) atoms. The van der Waals surface area contributed by atoms with Gasteiger partial charge in [0.25, 0.3) is 5.91 Å². The molecule has 126 valence electrons. The number of fused-ring (bicyclic) bond motifs is 1. The van der Waals surface area contributed by atoms with Crippen molar-refractivity contribution in [2.75, 3.05) is 18.5 Å². The molecule has 0 fully saturated rings. The van der Waals surface area contributed by atoms with E-state index in [1.165, 1.54) is 11.1 Å². The third-order valence-electron chi connectivity index (χ3n) is 4.42. The van der Waals surface area contributed by atoms with Crippen molar-refractivity contribution >= 4 is 11.6 Å². The fourth-order valence-corrected chi connectivity index (χ4v) is 2.98. The topological polar surface area (TPSA) is 41.6 Å². The molecule has 1 N–H and O–H groups in total. The highest BCUT2D eigenvalue weighted by atomic mass is 16.5. The minimum Gasteiger partial charge on any atom is -0.477 e. The summed E-state index contributed by atoms with van der Waals surface area (Å²) >= 11 is 0. The van der Waals surface area contributed by atoms with Gasteiger partial charge in [0.1, 0.15) is 5.75 Å². The Labute approximate surface area is 143 Å². The van der Waals surface area contributed by atoms with Crippen molar-refractivity contribution in [3.8, 4) is 5.75 Å². The molecule has 0 aromatic heterocycles.